The van der Waals surface area contributed by atoms with E-state index in [1.807, 2.05) is 0 Å². The summed E-state index contributed by atoms with van der Waals surface area (Å²) in [4.78, 5) is 39.7. The number of rotatable bonds is 6. The molecule has 186 valence electrons. The summed E-state index contributed by atoms with van der Waals surface area (Å²) in [6.07, 6.45) is 0. The topological polar surface area (TPSA) is 135 Å². The second kappa shape index (κ2) is 11.0. The first-order valence-corrected chi connectivity index (χ1v) is 11.3. The average Bonchev–Trinajstić information content (AvgIpc) is 2.88. The van der Waals surface area contributed by atoms with E-state index in [1.54, 1.807) is 50.2 Å². The molecule has 0 aliphatic carbocycles. The van der Waals surface area contributed by atoms with Crippen LogP contribution in [0, 0.1) is 17.2 Å². The number of esters is 2. The lowest BCUT2D eigenvalue weighted by Gasteiger charge is -2.36. The Bertz CT molecular complexity index is 1310. The molecule has 2 aromatic carbocycles. The summed E-state index contributed by atoms with van der Waals surface area (Å²) in [7, 11) is 2.32. The third-order valence-corrected chi connectivity index (χ3v) is 5.91. The minimum absolute atomic E-state index is 0.00180. The number of nitrogens with one attached hydrogen (secondary N) is 1. The van der Waals surface area contributed by atoms with Crippen molar-refractivity contribution in [3.63, 3.8) is 0 Å². The van der Waals surface area contributed by atoms with Gasteiger partial charge in [-0.3, -0.25) is 9.69 Å². The van der Waals surface area contributed by atoms with Gasteiger partial charge in [0.2, 0.25) is 5.91 Å². The summed E-state index contributed by atoms with van der Waals surface area (Å²) in [5.41, 5.74) is 7.15. The van der Waals surface area contributed by atoms with Gasteiger partial charge in [0.1, 0.15) is 11.5 Å². The summed E-state index contributed by atoms with van der Waals surface area (Å²) < 4.78 is 10.0. The van der Waals surface area contributed by atoms with Gasteiger partial charge in [0.05, 0.1) is 48.1 Å². The van der Waals surface area contributed by atoms with E-state index in [4.69, 9.17) is 26.8 Å². The standard InChI is InChI=1S/C26H25ClN4O5/c1-14(2)24(32)30-16-10-11-18(27)19(12-16)31-22(26(34)36-4)21(25(33)35-3)20(17(13-28)23(31)29)15-8-6-5-7-9-15/h5-12,14,20H,29H2,1-4H3,(H,30,32). The Labute approximate surface area is 213 Å². The first-order valence-electron chi connectivity index (χ1n) is 10.9. The van der Waals surface area contributed by atoms with Crippen molar-refractivity contribution in [2.24, 2.45) is 11.7 Å². The van der Waals surface area contributed by atoms with Gasteiger partial charge in [0, 0.05) is 11.6 Å². The average molecular weight is 509 g/mol. The van der Waals surface area contributed by atoms with Gasteiger partial charge >= 0.3 is 11.9 Å². The van der Waals surface area contributed by atoms with Crippen molar-refractivity contribution in [1.82, 2.24) is 0 Å². The zero-order valence-electron chi connectivity index (χ0n) is 20.2. The Balaban J connectivity index is 2.37. The number of amides is 1. The van der Waals surface area contributed by atoms with Crippen LogP contribution in [0.15, 0.2) is 71.2 Å². The number of benzene rings is 2. The Morgan fingerprint density at radius 2 is 1.72 bits per heavy atom. The summed E-state index contributed by atoms with van der Waals surface area (Å²) in [6.45, 7) is 3.47. The molecular formula is C26H25ClN4O5. The lowest BCUT2D eigenvalue weighted by Crippen LogP contribution is -2.41. The molecule has 1 heterocycles. The fourth-order valence-electron chi connectivity index (χ4n) is 3.81. The number of anilines is 2. The van der Waals surface area contributed by atoms with Gasteiger partial charge in [0.15, 0.2) is 0 Å². The van der Waals surface area contributed by atoms with Gasteiger partial charge in [-0.15, -0.1) is 0 Å². The molecule has 0 aromatic heterocycles. The van der Waals surface area contributed by atoms with Crippen molar-refractivity contribution in [2.75, 3.05) is 24.4 Å². The second-order valence-electron chi connectivity index (χ2n) is 8.15. The molecule has 36 heavy (non-hydrogen) atoms. The first kappa shape index (κ1) is 26.3. The van der Waals surface area contributed by atoms with Crippen LogP contribution >= 0.6 is 11.6 Å². The van der Waals surface area contributed by atoms with Crippen LogP contribution in [-0.4, -0.2) is 32.1 Å². The number of nitriles is 1. The molecule has 1 amide bonds. The number of hydrogen-bond acceptors (Lipinski definition) is 8. The van der Waals surface area contributed by atoms with Crippen molar-refractivity contribution < 1.29 is 23.9 Å². The predicted octanol–water partition coefficient (Wildman–Crippen LogP) is 3.83. The van der Waals surface area contributed by atoms with Crippen molar-refractivity contribution >= 4 is 40.8 Å². The number of nitrogens with zero attached hydrogens (tertiary/aromatic N) is 2. The SMILES string of the molecule is COC(=O)C1=C(C(=O)OC)N(c2cc(NC(=O)C(C)C)ccc2Cl)C(N)=C(C#N)C1c1ccccc1. The van der Waals surface area contributed by atoms with E-state index in [9.17, 15) is 19.6 Å². The highest BCUT2D eigenvalue weighted by Gasteiger charge is 2.43. The molecule has 1 atom stereocenters. The predicted molar refractivity (Wildman–Crippen MR) is 134 cm³/mol. The lowest BCUT2D eigenvalue weighted by atomic mass is 9.81. The monoisotopic (exact) mass is 508 g/mol. The molecule has 2 aromatic rings. The maximum atomic E-state index is 13.2. The van der Waals surface area contributed by atoms with Gasteiger partial charge in [-0.1, -0.05) is 55.8 Å². The molecule has 0 saturated heterocycles. The molecular weight excluding hydrogens is 484 g/mol. The summed E-state index contributed by atoms with van der Waals surface area (Å²) in [5, 5.41) is 13.0. The first-order chi connectivity index (χ1) is 17.2. The summed E-state index contributed by atoms with van der Waals surface area (Å²) in [6, 6.07) is 15.3. The van der Waals surface area contributed by atoms with Crippen LogP contribution < -0.4 is 16.0 Å². The highest BCUT2D eigenvalue weighted by molar-refractivity contribution is 6.33. The number of halogens is 1. The Morgan fingerprint density at radius 1 is 1.08 bits per heavy atom. The minimum atomic E-state index is -1.00. The molecule has 0 saturated carbocycles. The van der Waals surface area contributed by atoms with E-state index in [2.05, 4.69) is 11.4 Å². The van der Waals surface area contributed by atoms with Crippen molar-refractivity contribution in [3.05, 3.63) is 81.8 Å². The molecule has 3 N–H and O–H groups in total. The highest BCUT2D eigenvalue weighted by atomic mass is 35.5. The molecule has 1 unspecified atom stereocenters. The van der Waals surface area contributed by atoms with Crippen LogP contribution in [0.1, 0.15) is 25.3 Å². The molecule has 0 bridgehead atoms. The number of ether oxygens (including phenoxy) is 2. The van der Waals surface area contributed by atoms with E-state index in [1.165, 1.54) is 24.1 Å². The third kappa shape index (κ3) is 4.90. The van der Waals surface area contributed by atoms with Crippen molar-refractivity contribution in [1.29, 1.82) is 5.26 Å². The Morgan fingerprint density at radius 3 is 2.28 bits per heavy atom. The molecule has 1 aliphatic rings. The number of hydrogen-bond donors (Lipinski definition) is 2. The number of carbonyl (C=O) groups is 3. The maximum absolute atomic E-state index is 13.2. The molecule has 9 nitrogen and oxygen atoms in total. The highest BCUT2D eigenvalue weighted by Crippen LogP contribution is 2.45. The van der Waals surface area contributed by atoms with E-state index < -0.39 is 17.9 Å². The number of allylic oxidation sites excluding steroid dienone is 1. The smallest absolute Gasteiger partial charge is 0.355 e. The van der Waals surface area contributed by atoms with E-state index in [-0.39, 0.29) is 45.2 Å². The van der Waals surface area contributed by atoms with Crippen LogP contribution in [-0.2, 0) is 23.9 Å². The van der Waals surface area contributed by atoms with E-state index >= 15 is 0 Å². The largest absolute Gasteiger partial charge is 0.466 e. The van der Waals surface area contributed by atoms with Gasteiger partial charge in [-0.05, 0) is 23.8 Å². The van der Waals surface area contributed by atoms with Gasteiger partial charge < -0.3 is 20.5 Å². The van der Waals surface area contributed by atoms with E-state index in [0.29, 0.717) is 11.3 Å². The van der Waals surface area contributed by atoms with Crippen molar-refractivity contribution in [2.45, 2.75) is 19.8 Å². The second-order valence-corrected chi connectivity index (χ2v) is 8.55. The van der Waals surface area contributed by atoms with Crippen LogP contribution in [0.5, 0.6) is 0 Å². The zero-order chi connectivity index (χ0) is 26.6. The molecule has 1 aliphatic heterocycles. The minimum Gasteiger partial charge on any atom is -0.466 e. The van der Waals surface area contributed by atoms with Crippen LogP contribution in [0.2, 0.25) is 5.02 Å². The number of nitrogens with two attached hydrogens (primary N) is 1. The molecule has 3 rings (SSSR count). The fourth-order valence-corrected chi connectivity index (χ4v) is 4.01. The fraction of sp³-hybridized carbons (Fsp3) is 0.231. The number of carbonyl (C=O) groups excluding carboxylic acids is 3. The van der Waals surface area contributed by atoms with Crippen LogP contribution in [0.4, 0.5) is 11.4 Å². The van der Waals surface area contributed by atoms with Crippen LogP contribution in [0.3, 0.4) is 0 Å². The summed E-state index contributed by atoms with van der Waals surface area (Å²) >= 11 is 6.51. The van der Waals surface area contributed by atoms with Gasteiger partial charge in [-0.2, -0.15) is 5.26 Å². The number of methoxy groups -OCH3 is 2. The Hall–Kier alpha value is -4.29. The molecule has 0 spiro atoms. The summed E-state index contributed by atoms with van der Waals surface area (Å²) in [5.74, 6) is -3.42. The quantitative estimate of drug-likeness (QED) is 0.562. The van der Waals surface area contributed by atoms with Crippen molar-refractivity contribution in [3.8, 4) is 6.07 Å². The molecule has 0 fully saturated rings. The van der Waals surface area contributed by atoms with Gasteiger partial charge in [0.25, 0.3) is 0 Å². The van der Waals surface area contributed by atoms with E-state index in [0.717, 1.165) is 7.11 Å². The maximum Gasteiger partial charge on any atom is 0.355 e. The lowest BCUT2D eigenvalue weighted by molar-refractivity contribution is -0.139. The molecule has 10 heteroatoms. The normalized spacial score (nSPS) is 15.5. The zero-order valence-corrected chi connectivity index (χ0v) is 20.9. The molecule has 0 radical (unpaired) electrons. The van der Waals surface area contributed by atoms with Gasteiger partial charge in [-0.25, -0.2) is 9.59 Å². The van der Waals surface area contributed by atoms with Crippen LogP contribution in [0.25, 0.3) is 0 Å². The third-order valence-electron chi connectivity index (χ3n) is 5.59. The Kier molecular flexibility index (Phi) is 8.02.